The summed E-state index contributed by atoms with van der Waals surface area (Å²) in [5.74, 6) is -0.00755. The maximum absolute atomic E-state index is 10.9. The summed E-state index contributed by atoms with van der Waals surface area (Å²) >= 11 is 0. The van der Waals surface area contributed by atoms with Crippen LogP contribution in [0, 0.1) is 0 Å². The summed E-state index contributed by atoms with van der Waals surface area (Å²) in [7, 11) is 5.71. The molecule has 0 saturated carbocycles. The van der Waals surface area contributed by atoms with Crippen LogP contribution in [0.15, 0.2) is 0 Å². The molecule has 0 spiro atoms. The molecule has 0 aromatic rings. The number of rotatable bonds is 4. The van der Waals surface area contributed by atoms with Crippen LogP contribution in [0.3, 0.4) is 0 Å². The van der Waals surface area contributed by atoms with E-state index >= 15 is 0 Å². The predicted octanol–water partition coefficient (Wildman–Crippen LogP) is -1.03. The topological polar surface area (TPSA) is 49.6 Å². The van der Waals surface area contributed by atoms with Gasteiger partial charge in [0.15, 0.2) is 0 Å². The second-order valence-electron chi connectivity index (χ2n) is 2.82. The number of carbonyl (C=O) groups is 1. The fraction of sp³-hybridized carbons (Fsp3) is 0.857. The van der Waals surface area contributed by atoms with Gasteiger partial charge in [-0.25, -0.2) is 0 Å². The Kier molecular flexibility index (Phi) is 4.81. The van der Waals surface area contributed by atoms with Crippen LogP contribution < -0.4 is 5.73 Å². The van der Waals surface area contributed by atoms with Gasteiger partial charge in [-0.1, -0.05) is 0 Å². The number of nitrogens with two attached hydrogens (primary N) is 1. The molecule has 0 heterocycles. The summed E-state index contributed by atoms with van der Waals surface area (Å²) in [5, 5.41) is 0. The molecule has 0 aliphatic rings. The molecule has 0 aromatic heterocycles. The highest BCUT2D eigenvalue weighted by atomic mass is 16.2. The average molecular weight is 159 g/mol. The Morgan fingerprint density at radius 3 is 2.18 bits per heavy atom. The first kappa shape index (κ1) is 10.4. The van der Waals surface area contributed by atoms with Gasteiger partial charge in [-0.3, -0.25) is 4.79 Å². The highest BCUT2D eigenvalue weighted by Gasteiger charge is 2.04. The second-order valence-corrected chi connectivity index (χ2v) is 2.82. The van der Waals surface area contributed by atoms with Gasteiger partial charge in [0.05, 0.1) is 6.54 Å². The molecule has 4 heteroatoms. The lowest BCUT2D eigenvalue weighted by molar-refractivity contribution is -0.128. The van der Waals surface area contributed by atoms with Crippen molar-refractivity contribution < 1.29 is 4.79 Å². The van der Waals surface area contributed by atoms with Gasteiger partial charge in [0, 0.05) is 20.1 Å². The third kappa shape index (κ3) is 4.75. The molecule has 11 heavy (non-hydrogen) atoms. The van der Waals surface area contributed by atoms with Crippen LogP contribution in [-0.2, 0) is 4.79 Å². The number of carbonyl (C=O) groups excluding carboxylic acids is 1. The number of hydrogen-bond acceptors (Lipinski definition) is 3. The summed E-state index contributed by atoms with van der Waals surface area (Å²) in [5.41, 5.74) is 5.17. The maximum atomic E-state index is 10.9. The molecule has 0 unspecified atom stereocenters. The molecule has 66 valence electrons. The van der Waals surface area contributed by atoms with Crippen LogP contribution in [-0.4, -0.2) is 56.5 Å². The third-order valence-electron chi connectivity index (χ3n) is 1.48. The maximum Gasteiger partial charge on any atom is 0.236 e. The average Bonchev–Trinajstić information content (AvgIpc) is 1.98. The number of amides is 1. The largest absolute Gasteiger partial charge is 0.343 e. The minimum atomic E-state index is -0.00755. The van der Waals surface area contributed by atoms with Crippen LogP contribution in [0.2, 0.25) is 0 Å². The standard InChI is InChI=1S/C7H17N3O/c1-9(2)4-5-10(3)7(11)6-8/h4-6,8H2,1-3H3. The van der Waals surface area contributed by atoms with E-state index in [1.54, 1.807) is 11.9 Å². The van der Waals surface area contributed by atoms with Crippen LogP contribution in [0.1, 0.15) is 0 Å². The molecule has 0 saturated heterocycles. The second kappa shape index (κ2) is 5.09. The highest BCUT2D eigenvalue weighted by molar-refractivity contribution is 5.77. The Morgan fingerprint density at radius 2 is 1.82 bits per heavy atom. The smallest absolute Gasteiger partial charge is 0.236 e. The zero-order chi connectivity index (χ0) is 8.85. The minimum Gasteiger partial charge on any atom is -0.343 e. The van der Waals surface area contributed by atoms with E-state index in [9.17, 15) is 4.79 Å². The minimum absolute atomic E-state index is 0.00755. The van der Waals surface area contributed by atoms with Gasteiger partial charge in [0.25, 0.3) is 0 Å². The monoisotopic (exact) mass is 159 g/mol. The van der Waals surface area contributed by atoms with Gasteiger partial charge < -0.3 is 15.5 Å². The number of nitrogens with zero attached hydrogens (tertiary/aromatic N) is 2. The van der Waals surface area contributed by atoms with E-state index in [2.05, 4.69) is 0 Å². The van der Waals surface area contributed by atoms with Gasteiger partial charge in [0.1, 0.15) is 0 Å². The first-order valence-electron chi connectivity index (χ1n) is 3.66. The van der Waals surface area contributed by atoms with E-state index in [1.165, 1.54) is 0 Å². The van der Waals surface area contributed by atoms with Crippen LogP contribution in [0.25, 0.3) is 0 Å². The Morgan fingerprint density at radius 1 is 1.27 bits per heavy atom. The van der Waals surface area contributed by atoms with E-state index in [-0.39, 0.29) is 12.5 Å². The highest BCUT2D eigenvalue weighted by Crippen LogP contribution is 1.83. The molecule has 1 amide bonds. The van der Waals surface area contributed by atoms with Crippen molar-refractivity contribution in [2.75, 3.05) is 40.8 Å². The quantitative estimate of drug-likeness (QED) is 0.570. The summed E-state index contributed by atoms with van der Waals surface area (Å²) < 4.78 is 0. The summed E-state index contributed by atoms with van der Waals surface area (Å²) in [6.07, 6.45) is 0. The molecular formula is C7H17N3O. The van der Waals surface area contributed by atoms with E-state index in [4.69, 9.17) is 5.73 Å². The lowest BCUT2D eigenvalue weighted by Crippen LogP contribution is -2.37. The number of likely N-dealkylation sites (N-methyl/N-ethyl adjacent to an activating group) is 2. The van der Waals surface area contributed by atoms with Gasteiger partial charge in [-0.05, 0) is 14.1 Å². The molecule has 0 rings (SSSR count). The zero-order valence-electron chi connectivity index (χ0n) is 7.50. The lowest BCUT2D eigenvalue weighted by Gasteiger charge is -2.18. The summed E-state index contributed by atoms with van der Waals surface area (Å²) in [6, 6.07) is 0. The molecule has 4 nitrogen and oxygen atoms in total. The van der Waals surface area contributed by atoms with Crippen molar-refractivity contribution >= 4 is 5.91 Å². The molecule has 0 aliphatic heterocycles. The van der Waals surface area contributed by atoms with E-state index in [1.807, 2.05) is 19.0 Å². The molecule has 0 aromatic carbocycles. The Hall–Kier alpha value is -0.610. The van der Waals surface area contributed by atoms with Crippen molar-refractivity contribution in [3.63, 3.8) is 0 Å². The molecule has 0 bridgehead atoms. The predicted molar refractivity (Wildman–Crippen MR) is 45.2 cm³/mol. The molecule has 2 N–H and O–H groups in total. The Bertz CT molecular complexity index is 125. The van der Waals surface area contributed by atoms with Gasteiger partial charge in [0.2, 0.25) is 5.91 Å². The van der Waals surface area contributed by atoms with Crippen LogP contribution >= 0.6 is 0 Å². The molecule has 0 radical (unpaired) electrons. The van der Waals surface area contributed by atoms with Crippen molar-refractivity contribution in [1.29, 1.82) is 0 Å². The van der Waals surface area contributed by atoms with Crippen LogP contribution in [0.5, 0.6) is 0 Å². The first-order chi connectivity index (χ1) is 5.07. The van der Waals surface area contributed by atoms with Gasteiger partial charge in [-0.2, -0.15) is 0 Å². The van der Waals surface area contributed by atoms with E-state index in [0.29, 0.717) is 0 Å². The SMILES string of the molecule is CN(C)CCN(C)C(=O)CN. The van der Waals surface area contributed by atoms with Gasteiger partial charge >= 0.3 is 0 Å². The van der Waals surface area contributed by atoms with Crippen molar-refractivity contribution in [2.24, 2.45) is 5.73 Å². The Labute approximate surface area is 67.9 Å². The van der Waals surface area contributed by atoms with Gasteiger partial charge in [-0.15, -0.1) is 0 Å². The fourth-order valence-electron chi connectivity index (χ4n) is 0.631. The fourth-order valence-corrected chi connectivity index (χ4v) is 0.631. The molecular weight excluding hydrogens is 142 g/mol. The number of hydrogen-bond donors (Lipinski definition) is 1. The van der Waals surface area contributed by atoms with Crippen molar-refractivity contribution in [2.45, 2.75) is 0 Å². The van der Waals surface area contributed by atoms with E-state index < -0.39 is 0 Å². The first-order valence-corrected chi connectivity index (χ1v) is 3.66. The normalized spacial score (nSPS) is 10.3. The van der Waals surface area contributed by atoms with Crippen LogP contribution in [0.4, 0.5) is 0 Å². The van der Waals surface area contributed by atoms with Crippen molar-refractivity contribution in [3.05, 3.63) is 0 Å². The zero-order valence-corrected chi connectivity index (χ0v) is 7.50. The molecule has 0 fully saturated rings. The Balaban J connectivity index is 3.52. The molecule has 0 aliphatic carbocycles. The summed E-state index contributed by atoms with van der Waals surface area (Å²) in [6.45, 7) is 1.72. The third-order valence-corrected chi connectivity index (χ3v) is 1.48. The summed E-state index contributed by atoms with van der Waals surface area (Å²) in [4.78, 5) is 14.6. The molecule has 0 atom stereocenters. The van der Waals surface area contributed by atoms with Crippen molar-refractivity contribution in [3.8, 4) is 0 Å². The van der Waals surface area contributed by atoms with E-state index in [0.717, 1.165) is 13.1 Å². The van der Waals surface area contributed by atoms with Crippen molar-refractivity contribution in [1.82, 2.24) is 9.80 Å². The lowest BCUT2D eigenvalue weighted by atomic mass is 10.4.